The van der Waals surface area contributed by atoms with E-state index in [1.807, 2.05) is 0 Å². The molecule has 6 heavy (non-hydrogen) atoms. The van der Waals surface area contributed by atoms with E-state index in [0.717, 1.165) is 9.34 Å². The molecule has 0 amide bonds. The molecule has 0 heterocycles. The predicted octanol–water partition coefficient (Wildman–Crippen LogP) is -2.89. The van der Waals surface area contributed by atoms with E-state index in [-0.39, 0.29) is 21.5 Å². The molecule has 0 atom stereocenters. The molecule has 0 aromatic heterocycles. The monoisotopic (exact) mass is 196 g/mol. The van der Waals surface area contributed by atoms with Crippen molar-refractivity contribution in [3.8, 4) is 0 Å². The Morgan fingerprint density at radius 1 is 1.67 bits per heavy atom. The zero-order valence-corrected chi connectivity index (χ0v) is 5.60. The fourth-order valence-corrected chi connectivity index (χ4v) is 2.90. The van der Waals surface area contributed by atoms with Crippen molar-refractivity contribution in [3.05, 3.63) is 0 Å². The van der Waals surface area contributed by atoms with Crippen molar-refractivity contribution in [3.63, 3.8) is 0 Å². The van der Waals surface area contributed by atoms with Crippen LogP contribution < -0.4 is 25.4 Å². The van der Waals surface area contributed by atoms with Crippen molar-refractivity contribution in [1.82, 2.24) is 0 Å². The van der Waals surface area contributed by atoms with Crippen molar-refractivity contribution in [2.24, 2.45) is 9.86 Å². The third-order valence-corrected chi connectivity index (χ3v) is 4.80. The van der Waals surface area contributed by atoms with Crippen LogP contribution in [0.4, 0.5) is 0 Å². The summed E-state index contributed by atoms with van der Waals surface area (Å²) < 4.78 is 6.37. The van der Waals surface area contributed by atoms with E-state index in [1.165, 1.54) is 12.8 Å². The van der Waals surface area contributed by atoms with Crippen LogP contribution in [0.15, 0.2) is 0 Å². The molecule has 1 nitrogen and oxygen atoms in total. The van der Waals surface area contributed by atoms with E-state index in [2.05, 4.69) is 0 Å². The van der Waals surface area contributed by atoms with Crippen molar-refractivity contribution >= 4 is 0 Å². The van der Waals surface area contributed by atoms with Crippen LogP contribution in [0, 0.1) is 5.92 Å². The fourth-order valence-electron chi connectivity index (χ4n) is 0.820. The zero-order chi connectivity index (χ0) is 4.20. The molecule has 0 saturated heterocycles. The van der Waals surface area contributed by atoms with Gasteiger partial charge in [-0.1, -0.05) is 0 Å². The van der Waals surface area contributed by atoms with Crippen molar-refractivity contribution in [1.29, 1.82) is 0 Å². The Morgan fingerprint density at radius 2 is 2.17 bits per heavy atom. The maximum absolute atomic E-state index is 5.52. The van der Waals surface area contributed by atoms with Gasteiger partial charge in [-0.2, -0.15) is 0 Å². The van der Waals surface area contributed by atoms with Gasteiger partial charge in [0.15, 0.2) is 0 Å². The van der Waals surface area contributed by atoms with Gasteiger partial charge >= 0.3 is 47.6 Å². The van der Waals surface area contributed by atoms with Gasteiger partial charge in [-0.15, -0.1) is 0 Å². The Morgan fingerprint density at radius 3 is 2.17 bits per heavy atom. The van der Waals surface area contributed by atoms with Crippen LogP contribution >= 0.6 is 0 Å². The summed E-state index contributed by atoms with van der Waals surface area (Å²) in [4.78, 5) is 0. The van der Waals surface area contributed by atoms with Crippen LogP contribution in [0.1, 0.15) is 12.8 Å². The second-order valence-corrected chi connectivity index (χ2v) is 5.02. The van der Waals surface area contributed by atoms with Gasteiger partial charge in [-0.25, -0.2) is 0 Å². The third kappa shape index (κ3) is 0.259. The average Bonchev–Trinajstić information content (AvgIpc) is 2.12. The molecule has 2 aliphatic rings. The topological polar surface area (TPSA) is 26.0 Å². The number of halogens is 1. The number of rotatable bonds is 1. The molecule has 0 aliphatic heterocycles. The first kappa shape index (κ1) is 3.66. The van der Waals surface area contributed by atoms with Crippen LogP contribution in [0.3, 0.4) is 0 Å². The molecule has 2 N–H and O–H groups in total. The van der Waals surface area contributed by atoms with Gasteiger partial charge in [0.05, 0.1) is 0 Å². The van der Waals surface area contributed by atoms with E-state index in [4.69, 9.17) is 3.95 Å². The molecule has 0 bridgehead atoms. The normalized spacial score (nSPS) is 61.2. The summed E-state index contributed by atoms with van der Waals surface area (Å²) in [6.07, 6.45) is 2.99. The van der Waals surface area contributed by atoms with Crippen molar-refractivity contribution < 1.29 is 21.5 Å². The molecule has 2 rings (SSSR count). The Balaban J connectivity index is 2.10. The summed E-state index contributed by atoms with van der Waals surface area (Å²) in [5.74, 6) is 1.13. The second kappa shape index (κ2) is 0.777. The molecule has 36 valence electrons. The minimum absolute atomic E-state index is 0.149. The van der Waals surface area contributed by atoms with Crippen LogP contribution in [-0.2, 0) is 0 Å². The van der Waals surface area contributed by atoms with Gasteiger partial charge in [0, 0.05) is 0 Å². The summed E-state index contributed by atoms with van der Waals surface area (Å²) in [5, 5.41) is 0. The fraction of sp³-hybridized carbons (Fsp3) is 1.00. The summed E-state index contributed by atoms with van der Waals surface area (Å²) in [7, 11) is 0. The zero-order valence-electron chi connectivity index (χ0n) is 3.45. The predicted molar refractivity (Wildman–Crippen MR) is 19.6 cm³/mol. The molecular weight excluding hydrogens is 189 g/mol. The number of nitrogens with two attached hydrogens (primary N) is 1. The van der Waals surface area contributed by atoms with Crippen LogP contribution in [0.2, 0.25) is 0 Å². The second-order valence-electron chi connectivity index (χ2n) is 2.25. The molecule has 2 saturated carbocycles. The Kier molecular flexibility index (Phi) is 0.474. The average molecular weight is 196 g/mol. The summed E-state index contributed by atoms with van der Waals surface area (Å²) >= 11 is 0.149. The Bertz CT molecular complexity index is 85.5. The molecule has 2 aliphatic carbocycles. The SMILES string of the molecule is N[I-]C12CC1C2. The van der Waals surface area contributed by atoms with Crippen LogP contribution in [0.5, 0.6) is 0 Å². The maximum atomic E-state index is 5.52. The van der Waals surface area contributed by atoms with Gasteiger partial charge < -0.3 is 0 Å². The quantitative estimate of drug-likeness (QED) is 0.272. The standard InChI is InChI=1S/C4H7IN/c6-5-4-1-3(4)2-4/h3H,1-2,6H2/q-1. The van der Waals surface area contributed by atoms with E-state index in [0.29, 0.717) is 0 Å². The molecule has 0 aromatic carbocycles. The Labute approximate surface area is 47.9 Å². The van der Waals surface area contributed by atoms with Crippen LogP contribution in [-0.4, -0.2) is 3.42 Å². The first-order valence-corrected chi connectivity index (χ1v) is 4.54. The van der Waals surface area contributed by atoms with Gasteiger partial charge in [-0.3, -0.25) is 0 Å². The van der Waals surface area contributed by atoms with Crippen molar-refractivity contribution in [2.75, 3.05) is 0 Å². The summed E-state index contributed by atoms with van der Waals surface area (Å²) in [5.41, 5.74) is 0. The number of hydrogen-bond donors (Lipinski definition) is 1. The molecular formula is C4H7IN-. The van der Waals surface area contributed by atoms with E-state index < -0.39 is 0 Å². The van der Waals surface area contributed by atoms with E-state index in [9.17, 15) is 0 Å². The van der Waals surface area contributed by atoms with Gasteiger partial charge in [0.2, 0.25) is 0 Å². The van der Waals surface area contributed by atoms with E-state index in [1.54, 1.807) is 0 Å². The molecule has 2 fully saturated rings. The number of alkyl halides is 1. The van der Waals surface area contributed by atoms with E-state index >= 15 is 0 Å². The molecule has 0 radical (unpaired) electrons. The van der Waals surface area contributed by atoms with Gasteiger partial charge in [0.25, 0.3) is 0 Å². The third-order valence-electron chi connectivity index (χ3n) is 1.80. The van der Waals surface area contributed by atoms with Gasteiger partial charge in [-0.05, 0) is 0 Å². The number of fused-ring (bicyclic) bond motifs is 1. The minimum atomic E-state index is 0.149. The van der Waals surface area contributed by atoms with Gasteiger partial charge in [0.1, 0.15) is 0 Å². The van der Waals surface area contributed by atoms with Crippen LogP contribution in [0.25, 0.3) is 0 Å². The molecule has 0 aromatic rings. The Hall–Kier alpha value is 0.690. The summed E-state index contributed by atoms with van der Waals surface area (Å²) in [6.45, 7) is 0. The molecule has 0 unspecified atom stereocenters. The van der Waals surface area contributed by atoms with Crippen molar-refractivity contribution in [2.45, 2.75) is 16.3 Å². The number of hydrogen-bond acceptors (Lipinski definition) is 1. The first-order valence-electron chi connectivity index (χ1n) is 2.22. The first-order chi connectivity index (χ1) is 2.87. The summed E-state index contributed by atoms with van der Waals surface area (Å²) in [6, 6.07) is 0. The molecule has 2 heteroatoms. The molecule has 0 spiro atoms.